The number of benzene rings is 3. The fraction of sp³-hybridized carbons (Fsp3) is 0.125. The van der Waals surface area contributed by atoms with Gasteiger partial charge in [-0.1, -0.05) is 47.7 Å². The third-order valence-corrected chi connectivity index (χ3v) is 6.09. The molecule has 0 aliphatic rings. The highest BCUT2D eigenvalue weighted by molar-refractivity contribution is 7.17. The summed E-state index contributed by atoms with van der Waals surface area (Å²) in [6, 6.07) is 20.4. The predicted octanol–water partition coefficient (Wildman–Crippen LogP) is 6.28. The number of rotatable bonds is 3. The van der Waals surface area contributed by atoms with Gasteiger partial charge in [0.1, 0.15) is 5.82 Å². The molecule has 0 bridgehead atoms. The minimum atomic E-state index is -0.445. The molecule has 0 unspecified atom stereocenters. The van der Waals surface area contributed by atoms with E-state index < -0.39 is 5.26 Å². The Morgan fingerprint density at radius 3 is 2.30 bits per heavy atom. The second-order valence-corrected chi connectivity index (χ2v) is 8.33. The topological polar surface area (TPSA) is 43.6 Å². The van der Waals surface area contributed by atoms with E-state index in [1.807, 2.05) is 47.9 Å². The molecular formula is C24H19FN4S. The first-order chi connectivity index (χ1) is 14.5. The molecule has 30 heavy (non-hydrogen) atoms. The van der Waals surface area contributed by atoms with Crippen LogP contribution in [0, 0.1) is 26.0 Å². The van der Waals surface area contributed by atoms with Crippen molar-refractivity contribution >= 4 is 21.6 Å². The summed E-state index contributed by atoms with van der Waals surface area (Å²) in [6.07, 6.45) is 0. The van der Waals surface area contributed by atoms with Gasteiger partial charge < -0.3 is 0 Å². The van der Waals surface area contributed by atoms with Gasteiger partial charge in [0.2, 0.25) is 0 Å². The van der Waals surface area contributed by atoms with Gasteiger partial charge >= 0.3 is 0 Å². The summed E-state index contributed by atoms with van der Waals surface area (Å²) in [5.74, 6) is 1.44. The van der Waals surface area contributed by atoms with Crippen LogP contribution in [0.25, 0.3) is 38.4 Å². The smallest absolute Gasteiger partial charge is 0.270 e. The van der Waals surface area contributed by atoms with Crippen LogP contribution in [-0.4, -0.2) is 19.7 Å². The average Bonchev–Trinajstić information content (AvgIpc) is 3.30. The number of fused-ring (bicyclic) bond motifs is 1. The number of para-hydroxylation sites is 1. The minimum absolute atomic E-state index is 0.445. The fourth-order valence-corrected chi connectivity index (χ4v) is 4.73. The molecule has 5 aromatic rings. The normalized spacial score (nSPS) is 11.3. The maximum Gasteiger partial charge on any atom is 0.270 e. The number of halogens is 1. The molecule has 148 valence electrons. The molecule has 2 aromatic heterocycles. The Balaban J connectivity index is 1.72. The van der Waals surface area contributed by atoms with Crippen LogP contribution in [0.4, 0.5) is 4.39 Å². The maximum absolute atomic E-state index is 13.8. The number of hydrogen-bond acceptors (Lipinski definition) is 4. The van der Waals surface area contributed by atoms with E-state index in [0.29, 0.717) is 11.3 Å². The van der Waals surface area contributed by atoms with Crippen molar-refractivity contribution in [3.05, 3.63) is 82.9 Å². The Morgan fingerprint density at radius 2 is 1.57 bits per heavy atom. The molecule has 0 aliphatic heterocycles. The molecule has 0 spiro atoms. The molecule has 0 N–H and O–H groups in total. The molecule has 6 heteroatoms. The summed E-state index contributed by atoms with van der Waals surface area (Å²) in [5.41, 5.74) is 7.03. The average molecular weight is 415 g/mol. The van der Waals surface area contributed by atoms with Crippen molar-refractivity contribution in [1.29, 1.82) is 0 Å². The van der Waals surface area contributed by atoms with Crippen LogP contribution in [0.3, 0.4) is 0 Å². The van der Waals surface area contributed by atoms with Gasteiger partial charge in [0, 0.05) is 5.56 Å². The maximum atomic E-state index is 13.8. The van der Waals surface area contributed by atoms with Crippen LogP contribution < -0.4 is 0 Å². The lowest BCUT2D eigenvalue weighted by molar-refractivity contribution is 0.620. The zero-order valence-corrected chi connectivity index (χ0v) is 17.7. The predicted molar refractivity (Wildman–Crippen MR) is 120 cm³/mol. The summed E-state index contributed by atoms with van der Waals surface area (Å²) in [5, 5.41) is 8.34. The first-order valence-corrected chi connectivity index (χ1v) is 10.5. The number of aromatic nitrogens is 4. The van der Waals surface area contributed by atoms with Gasteiger partial charge in [0.25, 0.3) is 5.26 Å². The van der Waals surface area contributed by atoms with E-state index in [1.165, 1.54) is 11.1 Å². The highest BCUT2D eigenvalue weighted by Crippen LogP contribution is 2.34. The highest BCUT2D eigenvalue weighted by atomic mass is 32.1. The molecule has 4 nitrogen and oxygen atoms in total. The van der Waals surface area contributed by atoms with Crippen LogP contribution in [0.2, 0.25) is 0 Å². The third-order valence-electron chi connectivity index (χ3n) is 5.28. The number of aryl methyl sites for hydroxylation is 3. The lowest BCUT2D eigenvalue weighted by atomic mass is 9.98. The van der Waals surface area contributed by atoms with E-state index in [0.717, 1.165) is 44.2 Å². The van der Waals surface area contributed by atoms with E-state index in [2.05, 4.69) is 53.3 Å². The number of hydrogen-bond donors (Lipinski definition) is 0. The molecule has 0 atom stereocenters. The van der Waals surface area contributed by atoms with E-state index in [-0.39, 0.29) is 0 Å². The van der Waals surface area contributed by atoms with Crippen molar-refractivity contribution in [3.63, 3.8) is 0 Å². The molecule has 3 aromatic carbocycles. The van der Waals surface area contributed by atoms with Gasteiger partial charge in [-0.05, 0) is 67.3 Å². The number of nitrogens with zero attached hydrogens (tertiary/aromatic N) is 4. The SMILES string of the molecule is Cc1cc(-c2ccccc2)cc(C)c1-n1c(C)nnc1-c1cccc2sc(F)nc12. The first-order valence-electron chi connectivity index (χ1n) is 9.67. The van der Waals surface area contributed by atoms with Gasteiger partial charge in [0.15, 0.2) is 5.82 Å². The van der Waals surface area contributed by atoms with Crippen molar-refractivity contribution in [2.24, 2.45) is 0 Å². The van der Waals surface area contributed by atoms with Gasteiger partial charge in [-0.3, -0.25) is 4.57 Å². The van der Waals surface area contributed by atoms with Crippen molar-refractivity contribution in [2.45, 2.75) is 20.8 Å². The Labute approximate surface area is 177 Å². The molecule has 0 amide bonds. The third kappa shape index (κ3) is 3.00. The standard InChI is InChI=1S/C24H19FN4S/c1-14-12-18(17-8-5-4-6-9-17)13-15(2)22(14)29-16(3)27-28-23(29)19-10-7-11-20-21(19)26-24(25)30-20/h4-13H,1-3H3. The van der Waals surface area contributed by atoms with Crippen LogP contribution in [0.5, 0.6) is 0 Å². The summed E-state index contributed by atoms with van der Waals surface area (Å²) in [7, 11) is 0. The molecule has 0 radical (unpaired) electrons. The highest BCUT2D eigenvalue weighted by Gasteiger charge is 2.20. The van der Waals surface area contributed by atoms with Crippen LogP contribution in [0.1, 0.15) is 17.0 Å². The summed E-state index contributed by atoms with van der Waals surface area (Å²) < 4.78 is 16.7. The van der Waals surface area contributed by atoms with E-state index >= 15 is 0 Å². The Kier molecular flexibility index (Phi) is 4.44. The summed E-state index contributed by atoms with van der Waals surface area (Å²) in [4.78, 5) is 4.10. The largest absolute Gasteiger partial charge is 0.279 e. The molecular weight excluding hydrogens is 395 g/mol. The van der Waals surface area contributed by atoms with Crippen molar-refractivity contribution < 1.29 is 4.39 Å². The quantitative estimate of drug-likeness (QED) is 0.349. The van der Waals surface area contributed by atoms with Crippen molar-refractivity contribution in [3.8, 4) is 28.2 Å². The molecule has 0 fully saturated rings. The summed E-state index contributed by atoms with van der Waals surface area (Å²) in [6.45, 7) is 6.13. The second kappa shape index (κ2) is 7.15. The molecule has 2 heterocycles. The molecule has 0 saturated heterocycles. The lowest BCUT2D eigenvalue weighted by Gasteiger charge is -2.17. The van der Waals surface area contributed by atoms with Crippen LogP contribution >= 0.6 is 11.3 Å². The number of thiazole rings is 1. The summed E-state index contributed by atoms with van der Waals surface area (Å²) >= 11 is 1.04. The van der Waals surface area contributed by atoms with Gasteiger partial charge in [-0.25, -0.2) is 4.98 Å². The molecule has 5 rings (SSSR count). The van der Waals surface area contributed by atoms with Gasteiger partial charge in [-0.2, -0.15) is 4.39 Å². The van der Waals surface area contributed by atoms with E-state index in [9.17, 15) is 4.39 Å². The van der Waals surface area contributed by atoms with E-state index in [1.54, 1.807) is 0 Å². The van der Waals surface area contributed by atoms with Crippen molar-refractivity contribution in [2.75, 3.05) is 0 Å². The van der Waals surface area contributed by atoms with E-state index in [4.69, 9.17) is 0 Å². The zero-order chi connectivity index (χ0) is 20.8. The first kappa shape index (κ1) is 18.6. The van der Waals surface area contributed by atoms with Crippen molar-refractivity contribution in [1.82, 2.24) is 19.7 Å². The Morgan fingerprint density at radius 1 is 0.833 bits per heavy atom. The molecule has 0 saturated carbocycles. The lowest BCUT2D eigenvalue weighted by Crippen LogP contribution is -2.05. The van der Waals surface area contributed by atoms with Gasteiger partial charge in [0.05, 0.1) is 15.9 Å². The fourth-order valence-electron chi connectivity index (χ4n) is 4.01. The van der Waals surface area contributed by atoms with Gasteiger partial charge in [-0.15, -0.1) is 10.2 Å². The zero-order valence-electron chi connectivity index (χ0n) is 16.8. The Hall–Kier alpha value is -3.38. The molecule has 0 aliphatic carbocycles. The van der Waals surface area contributed by atoms with Crippen LogP contribution in [-0.2, 0) is 0 Å². The second-order valence-electron chi connectivity index (χ2n) is 7.35. The van der Waals surface area contributed by atoms with Crippen LogP contribution in [0.15, 0.2) is 60.7 Å². The Bertz CT molecular complexity index is 1360. The minimum Gasteiger partial charge on any atom is -0.279 e. The monoisotopic (exact) mass is 414 g/mol.